The molecule has 2 fully saturated rings. The van der Waals surface area contributed by atoms with Gasteiger partial charge >= 0.3 is 0 Å². The standard InChI is InChI=1S/C15H28N2O2/c1-11-5-7-15(10-16,8-6-11)14(18)17-12-3-4-13(9-12)19-2/h11-13H,3-10,16H2,1-2H3,(H,17,18). The molecule has 0 aromatic heterocycles. The average molecular weight is 268 g/mol. The highest BCUT2D eigenvalue weighted by molar-refractivity contribution is 5.83. The van der Waals surface area contributed by atoms with E-state index in [0.29, 0.717) is 12.6 Å². The number of rotatable bonds is 4. The number of carbonyl (C=O) groups is 1. The van der Waals surface area contributed by atoms with E-state index in [2.05, 4.69) is 12.2 Å². The molecule has 0 saturated heterocycles. The van der Waals surface area contributed by atoms with Crippen LogP contribution in [-0.4, -0.2) is 31.7 Å². The number of hydrogen-bond donors (Lipinski definition) is 2. The third-order valence-electron chi connectivity index (χ3n) is 5.16. The maximum absolute atomic E-state index is 12.6. The lowest BCUT2D eigenvalue weighted by Gasteiger charge is -2.37. The zero-order valence-corrected chi connectivity index (χ0v) is 12.3. The molecule has 2 saturated carbocycles. The Bertz CT molecular complexity index is 311. The Morgan fingerprint density at radius 3 is 2.53 bits per heavy atom. The predicted molar refractivity (Wildman–Crippen MR) is 75.7 cm³/mol. The van der Waals surface area contributed by atoms with E-state index in [9.17, 15) is 4.79 Å². The molecular weight excluding hydrogens is 240 g/mol. The molecule has 2 unspecified atom stereocenters. The van der Waals surface area contributed by atoms with Gasteiger partial charge in [0.15, 0.2) is 0 Å². The minimum atomic E-state index is -0.308. The van der Waals surface area contributed by atoms with Gasteiger partial charge in [0, 0.05) is 19.7 Å². The summed E-state index contributed by atoms with van der Waals surface area (Å²) in [6.45, 7) is 2.74. The molecule has 2 aliphatic rings. The summed E-state index contributed by atoms with van der Waals surface area (Å²) in [7, 11) is 1.75. The first kappa shape index (κ1) is 14.8. The van der Waals surface area contributed by atoms with E-state index in [0.717, 1.165) is 50.9 Å². The van der Waals surface area contributed by atoms with Crippen molar-refractivity contribution in [2.24, 2.45) is 17.1 Å². The number of nitrogens with one attached hydrogen (secondary N) is 1. The molecule has 0 spiro atoms. The number of methoxy groups -OCH3 is 1. The van der Waals surface area contributed by atoms with E-state index in [4.69, 9.17) is 10.5 Å². The van der Waals surface area contributed by atoms with Crippen LogP contribution in [0.4, 0.5) is 0 Å². The number of ether oxygens (including phenoxy) is 1. The molecule has 2 atom stereocenters. The van der Waals surface area contributed by atoms with Gasteiger partial charge in [-0.15, -0.1) is 0 Å². The van der Waals surface area contributed by atoms with Crippen LogP contribution >= 0.6 is 0 Å². The van der Waals surface area contributed by atoms with Crippen LogP contribution in [-0.2, 0) is 9.53 Å². The van der Waals surface area contributed by atoms with Gasteiger partial charge in [0.1, 0.15) is 0 Å². The van der Waals surface area contributed by atoms with Gasteiger partial charge in [-0.05, 0) is 50.9 Å². The Labute approximate surface area is 116 Å². The fraction of sp³-hybridized carbons (Fsp3) is 0.933. The van der Waals surface area contributed by atoms with Gasteiger partial charge in [0.05, 0.1) is 11.5 Å². The molecule has 0 radical (unpaired) electrons. The third-order valence-corrected chi connectivity index (χ3v) is 5.16. The minimum Gasteiger partial charge on any atom is -0.381 e. The first-order valence-corrected chi connectivity index (χ1v) is 7.63. The van der Waals surface area contributed by atoms with E-state index >= 15 is 0 Å². The molecule has 0 aromatic rings. The lowest BCUT2D eigenvalue weighted by Crippen LogP contribution is -2.50. The summed E-state index contributed by atoms with van der Waals surface area (Å²) in [6.07, 6.45) is 7.46. The molecule has 4 heteroatoms. The number of amides is 1. The van der Waals surface area contributed by atoms with Gasteiger partial charge in [-0.2, -0.15) is 0 Å². The van der Waals surface area contributed by atoms with Gasteiger partial charge in [0.25, 0.3) is 0 Å². The molecule has 4 nitrogen and oxygen atoms in total. The highest BCUT2D eigenvalue weighted by Crippen LogP contribution is 2.38. The molecule has 2 aliphatic carbocycles. The lowest BCUT2D eigenvalue weighted by atomic mass is 9.70. The second-order valence-corrected chi connectivity index (χ2v) is 6.51. The van der Waals surface area contributed by atoms with Crippen LogP contribution in [0.15, 0.2) is 0 Å². The molecule has 1 amide bonds. The van der Waals surface area contributed by atoms with Gasteiger partial charge in [-0.25, -0.2) is 0 Å². The fourth-order valence-corrected chi connectivity index (χ4v) is 3.46. The molecule has 0 heterocycles. The second-order valence-electron chi connectivity index (χ2n) is 6.51. The van der Waals surface area contributed by atoms with E-state index in [-0.39, 0.29) is 17.4 Å². The zero-order chi connectivity index (χ0) is 13.9. The van der Waals surface area contributed by atoms with Gasteiger partial charge in [-0.3, -0.25) is 4.79 Å². The van der Waals surface area contributed by atoms with E-state index in [1.165, 1.54) is 0 Å². The van der Waals surface area contributed by atoms with Crippen LogP contribution in [0.5, 0.6) is 0 Å². The predicted octanol–water partition coefficient (Wildman–Crippen LogP) is 1.83. The van der Waals surface area contributed by atoms with Crippen molar-refractivity contribution in [1.82, 2.24) is 5.32 Å². The fourth-order valence-electron chi connectivity index (χ4n) is 3.46. The molecule has 0 aliphatic heterocycles. The summed E-state index contributed by atoms with van der Waals surface area (Å²) in [5.41, 5.74) is 5.62. The van der Waals surface area contributed by atoms with Crippen LogP contribution in [0, 0.1) is 11.3 Å². The van der Waals surface area contributed by atoms with Crippen LogP contribution in [0.1, 0.15) is 51.9 Å². The molecule has 0 bridgehead atoms. The Kier molecular flexibility index (Phi) is 4.85. The van der Waals surface area contributed by atoms with Crippen molar-refractivity contribution in [2.45, 2.75) is 64.0 Å². The van der Waals surface area contributed by atoms with Crippen molar-refractivity contribution in [3.63, 3.8) is 0 Å². The number of nitrogens with two attached hydrogens (primary N) is 1. The highest BCUT2D eigenvalue weighted by atomic mass is 16.5. The second kappa shape index (κ2) is 6.23. The van der Waals surface area contributed by atoms with E-state index in [1.807, 2.05) is 0 Å². The smallest absolute Gasteiger partial charge is 0.227 e. The van der Waals surface area contributed by atoms with Crippen LogP contribution in [0.25, 0.3) is 0 Å². The van der Waals surface area contributed by atoms with Crippen LogP contribution in [0.3, 0.4) is 0 Å². The van der Waals surface area contributed by atoms with Crippen molar-refractivity contribution in [3.05, 3.63) is 0 Å². The maximum Gasteiger partial charge on any atom is 0.227 e. The van der Waals surface area contributed by atoms with Crippen molar-refractivity contribution < 1.29 is 9.53 Å². The Balaban J connectivity index is 1.90. The SMILES string of the molecule is COC1CCC(NC(=O)C2(CN)CCC(C)CC2)C1. The number of hydrogen-bond acceptors (Lipinski definition) is 3. The largest absolute Gasteiger partial charge is 0.381 e. The van der Waals surface area contributed by atoms with Crippen molar-refractivity contribution in [2.75, 3.05) is 13.7 Å². The van der Waals surface area contributed by atoms with E-state index < -0.39 is 0 Å². The maximum atomic E-state index is 12.6. The highest BCUT2D eigenvalue weighted by Gasteiger charge is 2.41. The number of carbonyl (C=O) groups excluding carboxylic acids is 1. The average Bonchev–Trinajstić information content (AvgIpc) is 2.87. The first-order valence-electron chi connectivity index (χ1n) is 7.63. The minimum absolute atomic E-state index is 0.184. The molecule has 19 heavy (non-hydrogen) atoms. The van der Waals surface area contributed by atoms with Crippen molar-refractivity contribution in [3.8, 4) is 0 Å². The Hall–Kier alpha value is -0.610. The topological polar surface area (TPSA) is 64.3 Å². The van der Waals surface area contributed by atoms with Crippen molar-refractivity contribution >= 4 is 5.91 Å². The summed E-state index contributed by atoms with van der Waals surface area (Å²) in [6, 6.07) is 0.278. The monoisotopic (exact) mass is 268 g/mol. The molecule has 2 rings (SSSR count). The summed E-state index contributed by atoms with van der Waals surface area (Å²) < 4.78 is 5.36. The van der Waals surface area contributed by atoms with Crippen molar-refractivity contribution in [1.29, 1.82) is 0 Å². The van der Waals surface area contributed by atoms with Gasteiger partial charge in [0.2, 0.25) is 5.91 Å². The summed E-state index contributed by atoms with van der Waals surface area (Å²) in [5, 5.41) is 3.22. The first-order chi connectivity index (χ1) is 9.09. The molecule has 110 valence electrons. The summed E-state index contributed by atoms with van der Waals surface area (Å²) >= 11 is 0. The Morgan fingerprint density at radius 1 is 1.32 bits per heavy atom. The van der Waals surface area contributed by atoms with Gasteiger partial charge in [-0.1, -0.05) is 6.92 Å². The normalized spacial score (nSPS) is 39.2. The third kappa shape index (κ3) is 3.29. The molecular formula is C15H28N2O2. The van der Waals surface area contributed by atoms with Crippen LogP contribution < -0.4 is 11.1 Å². The molecule has 0 aromatic carbocycles. The van der Waals surface area contributed by atoms with Crippen LogP contribution in [0.2, 0.25) is 0 Å². The summed E-state index contributed by atoms with van der Waals surface area (Å²) in [4.78, 5) is 12.6. The summed E-state index contributed by atoms with van der Waals surface area (Å²) in [5.74, 6) is 0.917. The molecule has 3 N–H and O–H groups in total. The Morgan fingerprint density at radius 2 is 2.00 bits per heavy atom. The van der Waals surface area contributed by atoms with Gasteiger partial charge < -0.3 is 15.8 Å². The zero-order valence-electron chi connectivity index (χ0n) is 12.3. The quantitative estimate of drug-likeness (QED) is 0.817. The van der Waals surface area contributed by atoms with E-state index in [1.54, 1.807) is 7.11 Å². The lowest BCUT2D eigenvalue weighted by molar-refractivity contribution is -0.133.